The lowest BCUT2D eigenvalue weighted by Crippen LogP contribution is -2.52. The topological polar surface area (TPSA) is 107 Å². The van der Waals surface area contributed by atoms with Crippen LogP contribution in [-0.2, 0) is 11.2 Å². The van der Waals surface area contributed by atoms with Crippen molar-refractivity contribution in [1.82, 2.24) is 9.88 Å². The number of rotatable bonds is 5. The van der Waals surface area contributed by atoms with Crippen molar-refractivity contribution in [3.63, 3.8) is 0 Å². The summed E-state index contributed by atoms with van der Waals surface area (Å²) >= 11 is 0. The van der Waals surface area contributed by atoms with Gasteiger partial charge in [-0.1, -0.05) is 24.6 Å². The van der Waals surface area contributed by atoms with Gasteiger partial charge in [-0.3, -0.25) is 14.7 Å². The maximum Gasteiger partial charge on any atom is 0.234 e. The predicted octanol–water partition coefficient (Wildman–Crippen LogP) is 2.39. The van der Waals surface area contributed by atoms with Crippen molar-refractivity contribution in [2.75, 3.05) is 6.54 Å². The molecule has 2 N–H and O–H groups in total. The van der Waals surface area contributed by atoms with E-state index >= 15 is 0 Å². The van der Waals surface area contributed by atoms with E-state index in [1.807, 2.05) is 29.2 Å². The number of benzene rings is 1. The fourth-order valence-electron chi connectivity index (χ4n) is 3.52. The maximum atomic E-state index is 11.7. The number of hydrogen-bond donors (Lipinski definition) is 1. The SMILES string of the molecule is N#Cc1ccc(-c2ccc(C[C@@H](C#N)N3CCCCC3C(N)=O)cn2)cc1. The Morgan fingerprint density at radius 1 is 1.22 bits per heavy atom. The highest BCUT2D eigenvalue weighted by Gasteiger charge is 2.32. The van der Waals surface area contributed by atoms with Crippen molar-refractivity contribution in [3.05, 3.63) is 53.7 Å². The Hall–Kier alpha value is -3.22. The number of carbonyl (C=O) groups is 1. The zero-order valence-corrected chi connectivity index (χ0v) is 15.0. The number of amides is 1. The van der Waals surface area contributed by atoms with Crippen LogP contribution in [0.1, 0.15) is 30.4 Å². The summed E-state index contributed by atoms with van der Waals surface area (Å²) in [5.74, 6) is -0.357. The molecule has 1 amide bonds. The van der Waals surface area contributed by atoms with E-state index in [1.165, 1.54) is 0 Å². The van der Waals surface area contributed by atoms with E-state index in [-0.39, 0.29) is 11.9 Å². The number of nitrogens with two attached hydrogens (primary N) is 1. The van der Waals surface area contributed by atoms with Gasteiger partial charge in [0.15, 0.2) is 0 Å². The van der Waals surface area contributed by atoms with Gasteiger partial charge >= 0.3 is 0 Å². The standard InChI is InChI=1S/C21H21N5O/c22-12-15-4-7-17(8-5-15)19-9-6-16(14-25-19)11-18(13-23)26-10-2-1-3-20(26)21(24)27/h4-9,14,18,20H,1-3,10-11H2,(H2,24,27)/t18-,20?/m0/s1. The molecule has 1 unspecified atom stereocenters. The van der Waals surface area contributed by atoms with Crippen LogP contribution >= 0.6 is 0 Å². The molecule has 6 nitrogen and oxygen atoms in total. The molecule has 3 rings (SSSR count). The van der Waals surface area contributed by atoms with Crippen molar-refractivity contribution in [2.45, 2.75) is 37.8 Å². The molecule has 1 aliphatic rings. The van der Waals surface area contributed by atoms with Gasteiger partial charge in [0.1, 0.15) is 6.04 Å². The molecular weight excluding hydrogens is 338 g/mol. The first-order valence-corrected chi connectivity index (χ1v) is 9.02. The summed E-state index contributed by atoms with van der Waals surface area (Å²) < 4.78 is 0. The predicted molar refractivity (Wildman–Crippen MR) is 101 cm³/mol. The number of likely N-dealkylation sites (tertiary alicyclic amines) is 1. The smallest absolute Gasteiger partial charge is 0.234 e. The Morgan fingerprint density at radius 2 is 2.00 bits per heavy atom. The van der Waals surface area contributed by atoms with Crippen molar-refractivity contribution >= 4 is 5.91 Å². The van der Waals surface area contributed by atoms with Gasteiger partial charge in [-0.2, -0.15) is 10.5 Å². The lowest BCUT2D eigenvalue weighted by molar-refractivity contribution is -0.125. The summed E-state index contributed by atoms with van der Waals surface area (Å²) in [5, 5.41) is 18.5. The zero-order chi connectivity index (χ0) is 19.2. The van der Waals surface area contributed by atoms with Crippen molar-refractivity contribution < 1.29 is 4.79 Å². The van der Waals surface area contributed by atoms with Gasteiger partial charge in [-0.15, -0.1) is 0 Å². The molecule has 1 aliphatic heterocycles. The Labute approximate surface area is 158 Å². The largest absolute Gasteiger partial charge is 0.368 e. The van der Waals surface area contributed by atoms with Gasteiger partial charge in [-0.25, -0.2) is 0 Å². The lowest BCUT2D eigenvalue weighted by atomic mass is 9.97. The summed E-state index contributed by atoms with van der Waals surface area (Å²) in [4.78, 5) is 18.1. The molecule has 27 heavy (non-hydrogen) atoms. The Morgan fingerprint density at radius 3 is 2.59 bits per heavy atom. The van der Waals surface area contributed by atoms with E-state index in [0.29, 0.717) is 24.9 Å². The number of hydrogen-bond acceptors (Lipinski definition) is 5. The maximum absolute atomic E-state index is 11.7. The van der Waals surface area contributed by atoms with Crippen LogP contribution in [0.4, 0.5) is 0 Å². The summed E-state index contributed by atoms with van der Waals surface area (Å²) in [6.07, 6.45) is 4.91. The van der Waals surface area contributed by atoms with E-state index in [2.05, 4.69) is 17.1 Å². The summed E-state index contributed by atoms with van der Waals surface area (Å²) in [6.45, 7) is 0.711. The molecule has 0 aliphatic carbocycles. The van der Waals surface area contributed by atoms with Crippen LogP contribution in [0.3, 0.4) is 0 Å². The molecule has 6 heteroatoms. The normalized spacial score (nSPS) is 18.2. The molecule has 0 spiro atoms. The molecule has 1 fully saturated rings. The van der Waals surface area contributed by atoms with E-state index in [9.17, 15) is 10.1 Å². The fraction of sp³-hybridized carbons (Fsp3) is 0.333. The van der Waals surface area contributed by atoms with Crippen molar-refractivity contribution in [1.29, 1.82) is 10.5 Å². The van der Waals surface area contributed by atoms with Crippen LogP contribution in [0.25, 0.3) is 11.3 Å². The minimum atomic E-state index is -0.398. The number of carbonyl (C=O) groups excluding carboxylic acids is 1. The molecule has 0 bridgehead atoms. The number of aromatic nitrogens is 1. The molecule has 1 aromatic carbocycles. The first-order valence-electron chi connectivity index (χ1n) is 9.02. The van der Waals surface area contributed by atoms with Crippen LogP contribution in [-0.4, -0.2) is 34.4 Å². The third kappa shape index (κ3) is 4.31. The van der Waals surface area contributed by atoms with Gasteiger partial charge in [0.2, 0.25) is 5.91 Å². The van der Waals surface area contributed by atoms with Gasteiger partial charge in [0.05, 0.1) is 29.4 Å². The summed E-state index contributed by atoms with van der Waals surface area (Å²) in [6, 6.07) is 14.8. The van der Waals surface area contributed by atoms with Gasteiger partial charge in [0, 0.05) is 24.7 Å². The second kappa shape index (κ2) is 8.44. The van der Waals surface area contributed by atoms with Gasteiger partial charge < -0.3 is 5.73 Å². The van der Waals surface area contributed by atoms with Crippen molar-refractivity contribution in [3.8, 4) is 23.4 Å². The van der Waals surface area contributed by atoms with Crippen LogP contribution in [0.5, 0.6) is 0 Å². The monoisotopic (exact) mass is 359 g/mol. The number of piperidine rings is 1. The van der Waals surface area contributed by atoms with Crippen LogP contribution in [0, 0.1) is 22.7 Å². The second-order valence-electron chi connectivity index (χ2n) is 6.74. The first kappa shape index (κ1) is 18.6. The van der Waals surface area contributed by atoms with E-state index < -0.39 is 6.04 Å². The van der Waals surface area contributed by atoms with Gasteiger partial charge in [0.25, 0.3) is 0 Å². The van der Waals surface area contributed by atoms with E-state index in [4.69, 9.17) is 11.0 Å². The number of nitriles is 2. The minimum Gasteiger partial charge on any atom is -0.368 e. The molecule has 136 valence electrons. The molecule has 1 saturated heterocycles. The number of primary amides is 1. The summed E-state index contributed by atoms with van der Waals surface area (Å²) in [7, 11) is 0. The Balaban J connectivity index is 1.73. The third-order valence-corrected chi connectivity index (χ3v) is 4.99. The molecule has 2 aromatic rings. The quantitative estimate of drug-likeness (QED) is 0.882. The minimum absolute atomic E-state index is 0.357. The Kier molecular flexibility index (Phi) is 5.80. The molecule has 0 radical (unpaired) electrons. The molecule has 2 heterocycles. The van der Waals surface area contributed by atoms with Crippen LogP contribution in [0.15, 0.2) is 42.6 Å². The van der Waals surface area contributed by atoms with Crippen LogP contribution < -0.4 is 5.73 Å². The van der Waals surface area contributed by atoms with E-state index in [1.54, 1.807) is 18.3 Å². The molecule has 2 atom stereocenters. The molecule has 1 aromatic heterocycles. The highest BCUT2D eigenvalue weighted by molar-refractivity contribution is 5.80. The number of pyridine rings is 1. The first-order chi connectivity index (χ1) is 13.1. The second-order valence-corrected chi connectivity index (χ2v) is 6.74. The highest BCUT2D eigenvalue weighted by atomic mass is 16.1. The zero-order valence-electron chi connectivity index (χ0n) is 15.0. The molecule has 0 saturated carbocycles. The summed E-state index contributed by atoms with van der Waals surface area (Å²) in [5.41, 5.74) is 8.82. The van der Waals surface area contributed by atoms with E-state index in [0.717, 1.165) is 29.7 Å². The fourth-order valence-corrected chi connectivity index (χ4v) is 3.52. The van der Waals surface area contributed by atoms with Crippen LogP contribution in [0.2, 0.25) is 0 Å². The molecular formula is C21H21N5O. The third-order valence-electron chi connectivity index (χ3n) is 4.99. The van der Waals surface area contributed by atoms with Gasteiger partial charge in [-0.05, 0) is 36.6 Å². The Bertz CT molecular complexity index is 877. The number of nitrogens with zero attached hydrogens (tertiary/aromatic N) is 4. The highest BCUT2D eigenvalue weighted by Crippen LogP contribution is 2.22. The van der Waals surface area contributed by atoms with Crippen molar-refractivity contribution in [2.24, 2.45) is 5.73 Å². The average molecular weight is 359 g/mol. The lowest BCUT2D eigenvalue weighted by Gasteiger charge is -2.36. The average Bonchev–Trinajstić information content (AvgIpc) is 2.72.